The van der Waals surface area contributed by atoms with E-state index in [9.17, 15) is 4.21 Å². The quantitative estimate of drug-likeness (QED) is 0.288. The molecule has 0 bridgehead atoms. The molecule has 0 saturated carbocycles. The molecule has 1 atom stereocenters. The van der Waals surface area contributed by atoms with Gasteiger partial charge in [-0.15, -0.1) is 0 Å². The molecule has 1 unspecified atom stereocenters. The second-order valence-corrected chi connectivity index (χ2v) is 7.52. The highest BCUT2D eigenvalue weighted by Gasteiger charge is 1.93. The maximum Gasteiger partial charge on any atom is 0.0421 e. The summed E-state index contributed by atoms with van der Waals surface area (Å²) in [6.07, 6.45) is 24.6. The third kappa shape index (κ3) is 19.9. The summed E-state index contributed by atoms with van der Waals surface area (Å²) >= 11 is 0. The molecule has 0 radical (unpaired) electrons. The molecule has 0 aliphatic heterocycles. The van der Waals surface area contributed by atoms with Crippen LogP contribution in [0.2, 0.25) is 0 Å². The Morgan fingerprint density at radius 3 is 1.43 bits per heavy atom. The number of rotatable bonds is 16. The van der Waals surface area contributed by atoms with E-state index in [2.05, 4.69) is 13.0 Å². The number of hydrogen-bond donors (Lipinski definition) is 0. The topological polar surface area (TPSA) is 17.1 Å². The Kier molecular flexibility index (Phi) is 17.8. The van der Waals surface area contributed by atoms with E-state index in [1.165, 1.54) is 89.9 Å². The van der Waals surface area contributed by atoms with E-state index in [0.29, 0.717) is 0 Å². The molecule has 1 nitrogen and oxygen atoms in total. The van der Waals surface area contributed by atoms with Gasteiger partial charge < -0.3 is 0 Å². The van der Waals surface area contributed by atoms with E-state index in [1.807, 2.05) is 5.41 Å². The lowest BCUT2D eigenvalue weighted by molar-refractivity contribution is 0.536. The van der Waals surface area contributed by atoms with Gasteiger partial charge in [0, 0.05) is 17.1 Å². The number of hydrogen-bond acceptors (Lipinski definition) is 1. The van der Waals surface area contributed by atoms with E-state index < -0.39 is 10.8 Å². The molecule has 0 fully saturated rings. The molecule has 0 saturated heterocycles. The zero-order valence-corrected chi connectivity index (χ0v) is 15.4. The van der Waals surface area contributed by atoms with Crippen LogP contribution in [-0.4, -0.2) is 10.5 Å². The molecule has 0 aliphatic carbocycles. The highest BCUT2D eigenvalue weighted by molar-refractivity contribution is 7.87. The molecule has 0 aromatic rings. The Morgan fingerprint density at radius 2 is 1.05 bits per heavy atom. The smallest absolute Gasteiger partial charge is 0.0421 e. The lowest BCUT2D eigenvalue weighted by Crippen LogP contribution is -1.83. The highest BCUT2D eigenvalue weighted by Crippen LogP contribution is 2.13. The zero-order chi connectivity index (χ0) is 15.6. The van der Waals surface area contributed by atoms with Gasteiger partial charge in [0.1, 0.15) is 0 Å². The standard InChI is InChI=1S/C19H38OS/c1-3-4-5-6-7-8-9-10-11-12-13-14-15-16-17-18-19-21(2)20/h18-19H,3-17H2,1-2H3/b19-18+. The second kappa shape index (κ2) is 17.9. The third-order valence-corrected chi connectivity index (χ3v) is 4.59. The zero-order valence-electron chi connectivity index (χ0n) is 14.6. The van der Waals surface area contributed by atoms with Crippen LogP contribution >= 0.6 is 0 Å². The monoisotopic (exact) mass is 314 g/mol. The van der Waals surface area contributed by atoms with E-state index in [-0.39, 0.29) is 0 Å². The van der Waals surface area contributed by atoms with Crippen LogP contribution in [-0.2, 0) is 10.8 Å². The summed E-state index contributed by atoms with van der Waals surface area (Å²) in [5, 5.41) is 1.81. The van der Waals surface area contributed by atoms with Crippen molar-refractivity contribution in [1.29, 1.82) is 0 Å². The molecule has 21 heavy (non-hydrogen) atoms. The first-order chi connectivity index (χ1) is 10.3. The molecule has 0 N–H and O–H groups in total. The second-order valence-electron chi connectivity index (χ2n) is 6.26. The van der Waals surface area contributed by atoms with Gasteiger partial charge in [0.25, 0.3) is 0 Å². The Balaban J connectivity index is 3.01. The van der Waals surface area contributed by atoms with Crippen molar-refractivity contribution in [2.45, 2.75) is 103 Å². The van der Waals surface area contributed by atoms with Crippen LogP contribution in [0, 0.1) is 0 Å². The van der Waals surface area contributed by atoms with Gasteiger partial charge in [-0.25, -0.2) is 0 Å². The van der Waals surface area contributed by atoms with Gasteiger partial charge in [0.2, 0.25) is 0 Å². The van der Waals surface area contributed by atoms with Gasteiger partial charge in [-0.2, -0.15) is 0 Å². The molecule has 0 rings (SSSR count). The summed E-state index contributed by atoms with van der Waals surface area (Å²) in [6, 6.07) is 0. The largest absolute Gasteiger partial charge is 0.255 e. The summed E-state index contributed by atoms with van der Waals surface area (Å²) in [6.45, 7) is 2.28. The Hall–Kier alpha value is -0.110. The Labute approximate surface area is 136 Å². The van der Waals surface area contributed by atoms with Crippen molar-refractivity contribution >= 4 is 10.8 Å². The van der Waals surface area contributed by atoms with Gasteiger partial charge in [-0.1, -0.05) is 96.5 Å². The van der Waals surface area contributed by atoms with E-state index in [4.69, 9.17) is 0 Å². The van der Waals surface area contributed by atoms with Gasteiger partial charge in [-0.05, 0) is 18.2 Å². The third-order valence-electron chi connectivity index (χ3n) is 4.01. The minimum atomic E-state index is -0.764. The molecule has 0 spiro atoms. The fraction of sp³-hybridized carbons (Fsp3) is 0.895. The van der Waals surface area contributed by atoms with Gasteiger partial charge >= 0.3 is 0 Å². The summed E-state index contributed by atoms with van der Waals surface area (Å²) in [5.41, 5.74) is 0. The molecule has 0 aromatic carbocycles. The molecule has 0 amide bonds. The van der Waals surface area contributed by atoms with E-state index >= 15 is 0 Å². The molecular weight excluding hydrogens is 276 g/mol. The first-order valence-electron chi connectivity index (χ1n) is 9.26. The number of unbranched alkanes of at least 4 members (excludes halogenated alkanes) is 14. The predicted octanol–water partition coefficient (Wildman–Crippen LogP) is 6.75. The molecule has 2 heteroatoms. The first-order valence-corrected chi connectivity index (χ1v) is 10.9. The Morgan fingerprint density at radius 1 is 0.667 bits per heavy atom. The van der Waals surface area contributed by atoms with Crippen molar-refractivity contribution in [3.05, 3.63) is 11.5 Å². The highest BCUT2D eigenvalue weighted by atomic mass is 32.2. The van der Waals surface area contributed by atoms with Gasteiger partial charge in [0.05, 0.1) is 0 Å². The van der Waals surface area contributed by atoms with E-state index in [0.717, 1.165) is 6.42 Å². The van der Waals surface area contributed by atoms with Crippen LogP contribution in [0.5, 0.6) is 0 Å². The lowest BCUT2D eigenvalue weighted by Gasteiger charge is -2.02. The minimum Gasteiger partial charge on any atom is -0.255 e. The van der Waals surface area contributed by atoms with Crippen LogP contribution in [0.25, 0.3) is 0 Å². The van der Waals surface area contributed by atoms with Crippen LogP contribution in [0.1, 0.15) is 103 Å². The molecule has 0 heterocycles. The summed E-state index contributed by atoms with van der Waals surface area (Å²) in [5.74, 6) is 0. The molecule has 0 aliphatic rings. The van der Waals surface area contributed by atoms with E-state index in [1.54, 1.807) is 6.26 Å². The minimum absolute atomic E-state index is 0.764. The fourth-order valence-corrected chi connectivity index (χ4v) is 3.07. The van der Waals surface area contributed by atoms with Crippen LogP contribution in [0.4, 0.5) is 0 Å². The van der Waals surface area contributed by atoms with Crippen molar-refractivity contribution in [1.82, 2.24) is 0 Å². The van der Waals surface area contributed by atoms with Gasteiger partial charge in [0.15, 0.2) is 0 Å². The average molecular weight is 315 g/mol. The fourth-order valence-electron chi connectivity index (χ4n) is 2.66. The van der Waals surface area contributed by atoms with Crippen LogP contribution in [0.3, 0.4) is 0 Å². The number of allylic oxidation sites excluding steroid dienone is 1. The van der Waals surface area contributed by atoms with Crippen molar-refractivity contribution in [3.63, 3.8) is 0 Å². The van der Waals surface area contributed by atoms with Crippen molar-refractivity contribution in [2.75, 3.05) is 6.26 Å². The predicted molar refractivity (Wildman–Crippen MR) is 98.1 cm³/mol. The molecule has 126 valence electrons. The maximum atomic E-state index is 10.8. The first kappa shape index (κ1) is 20.9. The SMILES string of the molecule is CCCCCCCCCCCCCCCC/C=C/S(C)=O. The molecule has 0 aromatic heterocycles. The Bertz CT molecular complexity index is 248. The summed E-state index contributed by atoms with van der Waals surface area (Å²) in [4.78, 5) is 0. The lowest BCUT2D eigenvalue weighted by atomic mass is 10.0. The summed E-state index contributed by atoms with van der Waals surface area (Å²) in [7, 11) is -0.764. The molecular formula is C19H38OS. The summed E-state index contributed by atoms with van der Waals surface area (Å²) < 4.78 is 10.8. The van der Waals surface area contributed by atoms with Crippen LogP contribution < -0.4 is 0 Å². The normalized spacial score (nSPS) is 13.0. The van der Waals surface area contributed by atoms with Crippen molar-refractivity contribution in [3.8, 4) is 0 Å². The van der Waals surface area contributed by atoms with Crippen molar-refractivity contribution in [2.24, 2.45) is 0 Å². The van der Waals surface area contributed by atoms with Crippen molar-refractivity contribution < 1.29 is 4.21 Å². The average Bonchev–Trinajstić information content (AvgIpc) is 2.46. The van der Waals surface area contributed by atoms with Crippen LogP contribution in [0.15, 0.2) is 11.5 Å². The van der Waals surface area contributed by atoms with Gasteiger partial charge in [-0.3, -0.25) is 4.21 Å². The maximum absolute atomic E-state index is 10.8.